The highest BCUT2D eigenvalue weighted by Crippen LogP contribution is 2.31. The maximum Gasteiger partial charge on any atom is 0.224 e. The SMILES string of the molecule is Cl.O=C(CC1CSCCN1)N(Cc1ccc(Cl)c(Cl)c1)C1CC1. The van der Waals surface area contributed by atoms with Gasteiger partial charge < -0.3 is 10.2 Å². The third-order valence-electron chi connectivity index (χ3n) is 4.06. The van der Waals surface area contributed by atoms with Crippen molar-refractivity contribution in [3.63, 3.8) is 0 Å². The molecule has 0 bridgehead atoms. The minimum atomic E-state index is 0. The maximum absolute atomic E-state index is 12.7. The van der Waals surface area contributed by atoms with E-state index < -0.39 is 0 Å². The number of halogens is 3. The molecule has 2 fully saturated rings. The van der Waals surface area contributed by atoms with Crippen LogP contribution in [0.2, 0.25) is 10.0 Å². The van der Waals surface area contributed by atoms with Crippen LogP contribution in [0.25, 0.3) is 0 Å². The quantitative estimate of drug-likeness (QED) is 0.818. The number of nitrogens with one attached hydrogen (secondary N) is 1. The molecule has 1 unspecified atom stereocenters. The van der Waals surface area contributed by atoms with E-state index in [-0.39, 0.29) is 18.3 Å². The number of rotatable bonds is 5. The molecule has 1 aliphatic heterocycles. The molecule has 128 valence electrons. The van der Waals surface area contributed by atoms with E-state index in [2.05, 4.69) is 5.32 Å². The summed E-state index contributed by atoms with van der Waals surface area (Å²) in [4.78, 5) is 14.7. The van der Waals surface area contributed by atoms with E-state index in [1.165, 1.54) is 0 Å². The monoisotopic (exact) mass is 394 g/mol. The van der Waals surface area contributed by atoms with Crippen LogP contribution < -0.4 is 5.32 Å². The Morgan fingerprint density at radius 3 is 2.70 bits per heavy atom. The highest BCUT2D eigenvalue weighted by atomic mass is 35.5. The molecule has 3 rings (SSSR count). The van der Waals surface area contributed by atoms with Crippen molar-refractivity contribution in [1.82, 2.24) is 10.2 Å². The van der Waals surface area contributed by atoms with Gasteiger partial charge in [-0.05, 0) is 30.5 Å². The van der Waals surface area contributed by atoms with Crippen molar-refractivity contribution in [1.29, 1.82) is 0 Å². The molecule has 1 heterocycles. The van der Waals surface area contributed by atoms with Crippen molar-refractivity contribution in [3.05, 3.63) is 33.8 Å². The lowest BCUT2D eigenvalue weighted by molar-refractivity contribution is -0.132. The van der Waals surface area contributed by atoms with Crippen LogP contribution in [0.4, 0.5) is 0 Å². The zero-order chi connectivity index (χ0) is 15.5. The number of nitrogens with zero attached hydrogens (tertiary/aromatic N) is 1. The van der Waals surface area contributed by atoms with Crippen LogP contribution >= 0.6 is 47.4 Å². The third kappa shape index (κ3) is 5.43. The summed E-state index contributed by atoms with van der Waals surface area (Å²) >= 11 is 14.0. The Kier molecular flexibility index (Phi) is 7.36. The standard InChI is InChI=1S/C16H20Cl2N2OS.ClH/c17-14-4-1-11(7-15(14)18)9-20(13-2-3-13)16(21)8-12-10-22-6-5-19-12;/h1,4,7,12-13,19H,2-3,5-6,8-10H2;1H. The summed E-state index contributed by atoms with van der Waals surface area (Å²) in [6.45, 7) is 1.62. The summed E-state index contributed by atoms with van der Waals surface area (Å²) in [6.07, 6.45) is 2.81. The molecular formula is C16H21Cl3N2OS. The van der Waals surface area contributed by atoms with E-state index in [0.29, 0.717) is 35.1 Å². The smallest absolute Gasteiger partial charge is 0.224 e. The minimum Gasteiger partial charge on any atom is -0.335 e. The molecule has 1 saturated carbocycles. The van der Waals surface area contributed by atoms with Gasteiger partial charge in [0.2, 0.25) is 5.91 Å². The molecule has 1 saturated heterocycles. The Balaban J connectivity index is 0.00000192. The Morgan fingerprint density at radius 1 is 1.30 bits per heavy atom. The average Bonchev–Trinajstić information content (AvgIpc) is 3.34. The van der Waals surface area contributed by atoms with E-state index in [4.69, 9.17) is 23.2 Å². The zero-order valence-electron chi connectivity index (χ0n) is 12.8. The first-order valence-corrected chi connectivity index (χ1v) is 9.59. The van der Waals surface area contributed by atoms with E-state index in [1.807, 2.05) is 28.8 Å². The Labute approximate surface area is 157 Å². The summed E-state index contributed by atoms with van der Waals surface area (Å²) in [7, 11) is 0. The van der Waals surface area contributed by atoms with Gasteiger partial charge in [-0.15, -0.1) is 12.4 Å². The van der Waals surface area contributed by atoms with Gasteiger partial charge in [0.05, 0.1) is 10.0 Å². The second-order valence-electron chi connectivity index (χ2n) is 5.93. The number of carbonyl (C=O) groups excluding carboxylic acids is 1. The first-order chi connectivity index (χ1) is 10.6. The van der Waals surface area contributed by atoms with Gasteiger partial charge in [-0.25, -0.2) is 0 Å². The fourth-order valence-electron chi connectivity index (χ4n) is 2.72. The maximum atomic E-state index is 12.7. The summed E-state index contributed by atoms with van der Waals surface area (Å²) in [5, 5.41) is 4.54. The second-order valence-corrected chi connectivity index (χ2v) is 7.90. The fourth-order valence-corrected chi connectivity index (χ4v) is 3.99. The predicted molar refractivity (Wildman–Crippen MR) is 101 cm³/mol. The third-order valence-corrected chi connectivity index (χ3v) is 5.93. The molecule has 7 heteroatoms. The minimum absolute atomic E-state index is 0. The molecule has 0 aromatic heterocycles. The molecular weight excluding hydrogens is 375 g/mol. The van der Waals surface area contributed by atoms with Crippen molar-refractivity contribution in [3.8, 4) is 0 Å². The van der Waals surface area contributed by atoms with E-state index in [9.17, 15) is 4.79 Å². The molecule has 1 aliphatic carbocycles. The lowest BCUT2D eigenvalue weighted by Gasteiger charge is -2.27. The molecule has 1 aromatic carbocycles. The lowest BCUT2D eigenvalue weighted by atomic mass is 10.1. The van der Waals surface area contributed by atoms with Gasteiger partial charge >= 0.3 is 0 Å². The van der Waals surface area contributed by atoms with Crippen molar-refractivity contribution in [2.24, 2.45) is 0 Å². The largest absolute Gasteiger partial charge is 0.335 e. The lowest BCUT2D eigenvalue weighted by Crippen LogP contribution is -2.43. The molecule has 1 atom stereocenters. The molecule has 23 heavy (non-hydrogen) atoms. The van der Waals surface area contributed by atoms with Gasteiger partial charge in [0, 0.05) is 43.1 Å². The van der Waals surface area contributed by atoms with Crippen LogP contribution in [0, 0.1) is 0 Å². The number of carbonyl (C=O) groups is 1. The second kappa shape index (κ2) is 8.82. The molecule has 1 amide bonds. The zero-order valence-corrected chi connectivity index (χ0v) is 15.9. The molecule has 1 N–H and O–H groups in total. The van der Waals surface area contributed by atoms with Gasteiger partial charge in [-0.1, -0.05) is 29.3 Å². The van der Waals surface area contributed by atoms with Crippen LogP contribution in [0.1, 0.15) is 24.8 Å². The molecule has 0 radical (unpaired) electrons. The summed E-state index contributed by atoms with van der Waals surface area (Å²) in [6, 6.07) is 6.32. The van der Waals surface area contributed by atoms with E-state index in [0.717, 1.165) is 36.5 Å². The number of benzene rings is 1. The topological polar surface area (TPSA) is 32.3 Å². The van der Waals surface area contributed by atoms with Crippen molar-refractivity contribution in [2.75, 3.05) is 18.1 Å². The Hall–Kier alpha value is -0.130. The molecule has 2 aliphatic rings. The van der Waals surface area contributed by atoms with Gasteiger partial charge in [-0.3, -0.25) is 4.79 Å². The molecule has 0 spiro atoms. The van der Waals surface area contributed by atoms with Gasteiger partial charge in [0.25, 0.3) is 0 Å². The number of hydrogen-bond donors (Lipinski definition) is 1. The Bertz CT molecular complexity index is 548. The predicted octanol–water partition coefficient (Wildman–Crippen LogP) is 4.00. The van der Waals surface area contributed by atoms with E-state index in [1.54, 1.807) is 6.07 Å². The van der Waals surface area contributed by atoms with Gasteiger partial charge in [0.1, 0.15) is 0 Å². The van der Waals surface area contributed by atoms with Crippen LogP contribution in [0.15, 0.2) is 18.2 Å². The molecule has 3 nitrogen and oxygen atoms in total. The number of amides is 1. The summed E-state index contributed by atoms with van der Waals surface area (Å²) < 4.78 is 0. The van der Waals surface area contributed by atoms with Crippen LogP contribution in [0.5, 0.6) is 0 Å². The molecule has 1 aromatic rings. The van der Waals surface area contributed by atoms with E-state index >= 15 is 0 Å². The highest BCUT2D eigenvalue weighted by molar-refractivity contribution is 7.99. The first-order valence-electron chi connectivity index (χ1n) is 7.68. The van der Waals surface area contributed by atoms with Crippen LogP contribution in [0.3, 0.4) is 0 Å². The summed E-state index contributed by atoms with van der Waals surface area (Å²) in [5.41, 5.74) is 1.04. The van der Waals surface area contributed by atoms with Gasteiger partial charge in [-0.2, -0.15) is 11.8 Å². The normalized spacial score (nSPS) is 20.7. The van der Waals surface area contributed by atoms with Crippen molar-refractivity contribution in [2.45, 2.75) is 37.9 Å². The summed E-state index contributed by atoms with van der Waals surface area (Å²) in [5.74, 6) is 2.41. The Morgan fingerprint density at radius 2 is 2.09 bits per heavy atom. The van der Waals surface area contributed by atoms with Crippen LogP contribution in [-0.4, -0.2) is 40.9 Å². The fraction of sp³-hybridized carbons (Fsp3) is 0.562. The number of hydrogen-bond acceptors (Lipinski definition) is 3. The highest BCUT2D eigenvalue weighted by Gasteiger charge is 2.33. The van der Waals surface area contributed by atoms with Gasteiger partial charge in [0.15, 0.2) is 0 Å². The first kappa shape index (κ1) is 19.2. The van der Waals surface area contributed by atoms with Crippen LogP contribution in [-0.2, 0) is 11.3 Å². The average molecular weight is 396 g/mol. The van der Waals surface area contributed by atoms with Crippen molar-refractivity contribution < 1.29 is 4.79 Å². The number of thioether (sulfide) groups is 1. The van der Waals surface area contributed by atoms with Crippen molar-refractivity contribution >= 4 is 53.3 Å².